The minimum absolute atomic E-state index is 0.0189. The number of methoxy groups -OCH3 is 1. The van der Waals surface area contributed by atoms with E-state index in [1.807, 2.05) is 25.7 Å². The number of aryl methyl sites for hydroxylation is 1. The Bertz CT molecular complexity index is 2060. The fourth-order valence-corrected chi connectivity index (χ4v) is 6.70. The van der Waals surface area contributed by atoms with Crippen LogP contribution in [-0.4, -0.2) is 76.9 Å². The molecule has 258 valence electrons. The number of piperazine rings is 1. The van der Waals surface area contributed by atoms with Gasteiger partial charge in [0.15, 0.2) is 11.5 Å². The lowest BCUT2D eigenvalue weighted by Crippen LogP contribution is -2.56. The summed E-state index contributed by atoms with van der Waals surface area (Å²) in [4.78, 5) is 55.9. The van der Waals surface area contributed by atoms with Crippen LogP contribution >= 0.6 is 0 Å². The predicted molar refractivity (Wildman–Crippen MR) is 183 cm³/mol. The molecule has 1 atom stereocenters. The minimum Gasteiger partial charge on any atom is -0.496 e. The quantitative estimate of drug-likeness (QED) is 0.261. The number of carbonyl (C=O) groups excluding carboxylic acids is 2. The average molecular weight is 675 g/mol. The summed E-state index contributed by atoms with van der Waals surface area (Å²) in [7, 11) is 2.87. The van der Waals surface area contributed by atoms with Crippen LogP contribution in [0.15, 0.2) is 41.3 Å². The molecule has 0 bridgehead atoms. The van der Waals surface area contributed by atoms with Crippen molar-refractivity contribution in [2.75, 3.05) is 43.6 Å². The van der Waals surface area contributed by atoms with Gasteiger partial charge in [-0.05, 0) is 63.4 Å². The number of halogens is 2. The number of aromatic nitrogens is 3. The highest BCUT2D eigenvalue weighted by Crippen LogP contribution is 2.43. The molecule has 0 aliphatic carbocycles. The number of amides is 2. The zero-order valence-corrected chi connectivity index (χ0v) is 28.9. The summed E-state index contributed by atoms with van der Waals surface area (Å²) in [6, 6.07) is 6.58. The third-order valence-corrected chi connectivity index (χ3v) is 8.95. The van der Waals surface area contributed by atoms with Crippen LogP contribution in [0.2, 0.25) is 0 Å². The number of benzene rings is 1. The second-order valence-electron chi connectivity index (χ2n) is 13.8. The predicted octanol–water partition coefficient (Wildman–Crippen LogP) is 5.96. The molecule has 1 aromatic carbocycles. The van der Waals surface area contributed by atoms with Crippen LogP contribution in [0.25, 0.3) is 28.0 Å². The Kier molecular flexibility index (Phi) is 8.58. The zero-order chi connectivity index (χ0) is 35.5. The van der Waals surface area contributed by atoms with E-state index in [2.05, 4.69) is 4.98 Å². The monoisotopic (exact) mass is 674 g/mol. The molecule has 2 amide bonds. The van der Waals surface area contributed by atoms with Gasteiger partial charge in [0.2, 0.25) is 5.91 Å². The van der Waals surface area contributed by atoms with Gasteiger partial charge >= 0.3 is 6.09 Å². The molecule has 0 saturated carbocycles. The summed E-state index contributed by atoms with van der Waals surface area (Å²) in [5, 5.41) is 0.237. The van der Waals surface area contributed by atoms with Gasteiger partial charge in [0.1, 0.15) is 28.5 Å². The molecule has 1 saturated heterocycles. The van der Waals surface area contributed by atoms with E-state index < -0.39 is 34.9 Å². The van der Waals surface area contributed by atoms with E-state index in [0.717, 1.165) is 0 Å². The van der Waals surface area contributed by atoms with Crippen molar-refractivity contribution in [3.8, 4) is 22.7 Å². The molecular weight excluding hydrogens is 634 g/mol. The van der Waals surface area contributed by atoms with Crippen LogP contribution in [0.5, 0.6) is 5.75 Å². The third kappa shape index (κ3) is 5.84. The summed E-state index contributed by atoms with van der Waals surface area (Å²) in [5.74, 6) is -2.02. The van der Waals surface area contributed by atoms with E-state index in [9.17, 15) is 14.4 Å². The molecule has 0 N–H and O–H groups in total. The molecule has 6 rings (SSSR count). The second kappa shape index (κ2) is 12.4. The smallest absolute Gasteiger partial charge is 0.410 e. The first-order chi connectivity index (χ1) is 23.1. The van der Waals surface area contributed by atoms with Crippen molar-refractivity contribution >= 4 is 34.4 Å². The number of hydrogen-bond donors (Lipinski definition) is 0. The van der Waals surface area contributed by atoms with E-state index in [0.29, 0.717) is 22.6 Å². The molecule has 49 heavy (non-hydrogen) atoms. The fraction of sp³-hybridized carbons (Fsp3) is 0.417. The molecule has 4 aromatic rings. The number of rotatable bonds is 4. The number of pyridine rings is 3. The van der Waals surface area contributed by atoms with Gasteiger partial charge in [-0.3, -0.25) is 19.1 Å². The van der Waals surface area contributed by atoms with Gasteiger partial charge in [0.05, 0.1) is 35.8 Å². The van der Waals surface area contributed by atoms with E-state index >= 15 is 8.78 Å². The van der Waals surface area contributed by atoms with E-state index in [1.54, 1.807) is 37.9 Å². The highest BCUT2D eigenvalue weighted by Gasteiger charge is 2.41. The average Bonchev–Trinajstić information content (AvgIpc) is 3.14. The van der Waals surface area contributed by atoms with Crippen molar-refractivity contribution < 1.29 is 27.8 Å². The van der Waals surface area contributed by atoms with Crippen LogP contribution in [-0.2, 0) is 9.53 Å². The first kappa shape index (κ1) is 33.8. The van der Waals surface area contributed by atoms with Gasteiger partial charge in [-0.15, -0.1) is 0 Å². The molecule has 1 unspecified atom stereocenters. The van der Waals surface area contributed by atoms with E-state index in [1.165, 1.54) is 47.9 Å². The molecule has 3 aromatic heterocycles. The molecule has 0 radical (unpaired) electrons. The van der Waals surface area contributed by atoms with E-state index in [4.69, 9.17) is 14.5 Å². The molecule has 11 nitrogen and oxygen atoms in total. The second-order valence-corrected chi connectivity index (χ2v) is 13.8. The molecule has 13 heteroatoms. The Morgan fingerprint density at radius 2 is 1.78 bits per heavy atom. The largest absolute Gasteiger partial charge is 0.496 e. The number of carbonyl (C=O) groups is 2. The van der Waals surface area contributed by atoms with Crippen molar-refractivity contribution in [2.45, 2.75) is 65.5 Å². The topological polar surface area (TPSA) is 110 Å². The number of nitrogens with zero attached hydrogens (tertiary/aromatic N) is 6. The normalized spacial score (nSPS) is 16.5. The van der Waals surface area contributed by atoms with Gasteiger partial charge in [0.25, 0.3) is 5.56 Å². The third-order valence-electron chi connectivity index (χ3n) is 8.95. The number of fused-ring (bicyclic) bond motifs is 5. The fourth-order valence-electron chi connectivity index (χ4n) is 6.70. The summed E-state index contributed by atoms with van der Waals surface area (Å²) >= 11 is 0. The van der Waals surface area contributed by atoms with Crippen molar-refractivity contribution in [2.24, 2.45) is 0 Å². The molecular formula is C36H40F2N6O5. The summed E-state index contributed by atoms with van der Waals surface area (Å²) in [6.07, 6.45) is 1.12. The van der Waals surface area contributed by atoms with Crippen LogP contribution in [0.1, 0.15) is 58.2 Å². The van der Waals surface area contributed by atoms with Crippen molar-refractivity contribution in [3.63, 3.8) is 0 Å². The van der Waals surface area contributed by atoms with Crippen molar-refractivity contribution in [1.29, 1.82) is 0 Å². The number of anilines is 2. The number of hydrogen-bond acceptors (Lipinski definition) is 8. The van der Waals surface area contributed by atoms with Crippen molar-refractivity contribution in [3.05, 3.63) is 69.8 Å². The maximum Gasteiger partial charge on any atom is 0.410 e. The van der Waals surface area contributed by atoms with Gasteiger partial charge in [-0.1, -0.05) is 19.9 Å². The highest BCUT2D eigenvalue weighted by atomic mass is 19.1. The Morgan fingerprint density at radius 1 is 1.04 bits per heavy atom. The van der Waals surface area contributed by atoms with Crippen LogP contribution in [0, 0.1) is 18.6 Å². The summed E-state index contributed by atoms with van der Waals surface area (Å²) in [6.45, 7) is 11.6. The maximum absolute atomic E-state index is 16.5. The van der Waals surface area contributed by atoms with Crippen LogP contribution in [0.4, 0.5) is 25.0 Å². The lowest BCUT2D eigenvalue weighted by atomic mass is 10.0. The summed E-state index contributed by atoms with van der Waals surface area (Å²) in [5.41, 5.74) is 0.312. The number of ether oxygens (including phenoxy) is 2. The standard InChI is InChI=1S/C36H40F2N6O5/c1-19(2)28-30(20(3)12-13-39-28)44-33-22(17-24(38)29(40-33)27-23(37)10-9-11-25(27)48-8)31-32(34(44)46)41(7)26(45)16-21-18-42(14-15-43(21)31)35(47)49-36(4,5)6/h9-13,17,19,21H,14-16,18H2,1-8H3. The molecule has 2 aliphatic heterocycles. The SMILES string of the molecule is COc1cccc(F)c1-c1nc2c(cc1F)c1c(c(=O)n2-c2c(C)ccnc2C(C)C)N(C)C(=O)CC2CN(C(=O)OC(C)(C)C)CCN12. The summed E-state index contributed by atoms with van der Waals surface area (Å²) < 4.78 is 44.3. The first-order valence-corrected chi connectivity index (χ1v) is 16.2. The lowest BCUT2D eigenvalue weighted by molar-refractivity contribution is -0.118. The van der Waals surface area contributed by atoms with Crippen LogP contribution < -0.4 is 20.1 Å². The maximum atomic E-state index is 16.5. The molecule has 0 spiro atoms. The van der Waals surface area contributed by atoms with Crippen molar-refractivity contribution in [1.82, 2.24) is 19.4 Å². The van der Waals surface area contributed by atoms with Gasteiger partial charge in [-0.2, -0.15) is 0 Å². The lowest BCUT2D eigenvalue weighted by Gasteiger charge is -2.42. The van der Waals surface area contributed by atoms with Gasteiger partial charge in [-0.25, -0.2) is 18.6 Å². The van der Waals surface area contributed by atoms with Gasteiger partial charge in [0, 0.05) is 44.7 Å². The molecule has 2 aliphatic rings. The van der Waals surface area contributed by atoms with Crippen LogP contribution in [0.3, 0.4) is 0 Å². The highest BCUT2D eigenvalue weighted by molar-refractivity contribution is 6.06. The Hall–Kier alpha value is -5.07. The Balaban J connectivity index is 1.69. The molecule has 1 fully saturated rings. The van der Waals surface area contributed by atoms with Gasteiger partial charge < -0.3 is 24.2 Å². The Labute approximate surface area is 283 Å². The van der Waals surface area contributed by atoms with E-state index in [-0.39, 0.29) is 71.6 Å². The zero-order valence-electron chi connectivity index (χ0n) is 28.9. The Morgan fingerprint density at radius 3 is 2.45 bits per heavy atom. The first-order valence-electron chi connectivity index (χ1n) is 16.2. The minimum atomic E-state index is -0.850. The molecule has 5 heterocycles.